The van der Waals surface area contributed by atoms with Crippen molar-refractivity contribution in [3.8, 4) is 0 Å². The molecule has 3 rings (SSSR count). The number of benzene rings is 1. The molecule has 2 aromatic rings. The van der Waals surface area contributed by atoms with Crippen molar-refractivity contribution in [2.45, 2.75) is 19.4 Å². The first-order valence-electron chi connectivity index (χ1n) is 8.16. The average molecular weight is 405 g/mol. The lowest BCUT2D eigenvalue weighted by Crippen LogP contribution is -2.23. The Kier molecular flexibility index (Phi) is 5.50. The molecule has 4 N–H and O–H groups in total. The van der Waals surface area contributed by atoms with Crippen LogP contribution in [0.15, 0.2) is 28.9 Å². The number of nitrogens with zero attached hydrogens (tertiary/aromatic N) is 2. The van der Waals surface area contributed by atoms with Gasteiger partial charge in [-0.05, 0) is 53.5 Å². The molecule has 0 saturated carbocycles. The Morgan fingerprint density at radius 3 is 2.96 bits per heavy atom. The highest BCUT2D eigenvalue weighted by Gasteiger charge is 2.16. The van der Waals surface area contributed by atoms with Gasteiger partial charge in [0.05, 0.1) is 4.47 Å². The number of carbonyl (C=O) groups excluding carboxylic acids is 1. The molecule has 132 valence electrons. The van der Waals surface area contributed by atoms with Gasteiger partial charge in [-0.2, -0.15) is 4.98 Å². The van der Waals surface area contributed by atoms with E-state index < -0.39 is 0 Å². The monoisotopic (exact) mass is 404 g/mol. The van der Waals surface area contributed by atoms with Gasteiger partial charge >= 0.3 is 0 Å². The summed E-state index contributed by atoms with van der Waals surface area (Å²) in [7, 11) is 1.62. The van der Waals surface area contributed by atoms with Gasteiger partial charge in [0, 0.05) is 37.1 Å². The molecule has 1 atom stereocenters. The number of carbonyl (C=O) groups is 1. The molecule has 0 unspecified atom stereocenters. The third-order valence-corrected chi connectivity index (χ3v) is 4.70. The van der Waals surface area contributed by atoms with Crippen LogP contribution in [-0.4, -0.2) is 42.1 Å². The van der Waals surface area contributed by atoms with Crippen molar-refractivity contribution >= 4 is 39.3 Å². The first-order valence-corrected chi connectivity index (χ1v) is 8.95. The van der Waals surface area contributed by atoms with Crippen molar-refractivity contribution in [1.82, 2.24) is 20.6 Å². The molecule has 2 heterocycles. The van der Waals surface area contributed by atoms with Crippen molar-refractivity contribution in [3.63, 3.8) is 0 Å². The van der Waals surface area contributed by atoms with Crippen molar-refractivity contribution in [2.24, 2.45) is 0 Å². The summed E-state index contributed by atoms with van der Waals surface area (Å²) in [4.78, 5) is 20.7. The average Bonchev–Trinajstić information content (AvgIpc) is 3.12. The predicted molar refractivity (Wildman–Crippen MR) is 102 cm³/mol. The van der Waals surface area contributed by atoms with Crippen LogP contribution in [0.25, 0.3) is 0 Å². The number of rotatable bonds is 5. The third kappa shape index (κ3) is 4.26. The summed E-state index contributed by atoms with van der Waals surface area (Å²) in [6.45, 7) is 3.90. The standard InChI is InChI=1S/C17H21BrN6O/c1-10-3-4-11(16(25)19-2)7-14(10)23-15-13(18)9-21-17(24-15)22-12-5-6-20-8-12/h3-4,7,9,12,20H,5-6,8H2,1-2H3,(H,19,25)(H2,21,22,23,24)/t12-/m1/s1. The first-order chi connectivity index (χ1) is 12.1. The fourth-order valence-electron chi connectivity index (χ4n) is 2.65. The molecule has 1 aliphatic heterocycles. The van der Waals surface area contributed by atoms with Crippen molar-refractivity contribution in [3.05, 3.63) is 40.0 Å². The van der Waals surface area contributed by atoms with Gasteiger partial charge in [-0.1, -0.05) is 6.07 Å². The summed E-state index contributed by atoms with van der Waals surface area (Å²) in [5, 5.41) is 12.6. The molecule has 0 aliphatic carbocycles. The maximum absolute atomic E-state index is 11.9. The second-order valence-electron chi connectivity index (χ2n) is 5.96. The van der Waals surface area contributed by atoms with E-state index >= 15 is 0 Å². The lowest BCUT2D eigenvalue weighted by Gasteiger charge is -2.15. The molecule has 1 fully saturated rings. The van der Waals surface area contributed by atoms with Crippen molar-refractivity contribution in [1.29, 1.82) is 0 Å². The molecule has 1 saturated heterocycles. The van der Waals surface area contributed by atoms with E-state index in [2.05, 4.69) is 47.2 Å². The van der Waals surface area contributed by atoms with Crippen LogP contribution < -0.4 is 21.3 Å². The number of anilines is 3. The SMILES string of the molecule is CNC(=O)c1ccc(C)c(Nc2nc(N[C@@H]3CCNC3)ncc2Br)c1. The molecular weight excluding hydrogens is 384 g/mol. The molecule has 25 heavy (non-hydrogen) atoms. The van der Waals surface area contributed by atoms with Gasteiger partial charge in [-0.3, -0.25) is 4.79 Å². The van der Waals surface area contributed by atoms with Gasteiger partial charge in [-0.15, -0.1) is 0 Å². The zero-order chi connectivity index (χ0) is 17.8. The second kappa shape index (κ2) is 7.79. The maximum atomic E-state index is 11.9. The fraction of sp³-hybridized carbons (Fsp3) is 0.353. The van der Waals surface area contributed by atoms with Gasteiger partial charge in [-0.25, -0.2) is 4.98 Å². The highest BCUT2D eigenvalue weighted by molar-refractivity contribution is 9.10. The van der Waals surface area contributed by atoms with E-state index in [0.29, 0.717) is 23.4 Å². The molecule has 1 amide bonds. The van der Waals surface area contributed by atoms with Gasteiger partial charge in [0.1, 0.15) is 5.82 Å². The van der Waals surface area contributed by atoms with Crippen LogP contribution in [0.5, 0.6) is 0 Å². The Bertz CT molecular complexity index is 776. The molecule has 1 aliphatic rings. The summed E-state index contributed by atoms with van der Waals surface area (Å²) in [5.74, 6) is 1.11. The summed E-state index contributed by atoms with van der Waals surface area (Å²) in [5.41, 5.74) is 2.44. The van der Waals surface area contributed by atoms with E-state index in [4.69, 9.17) is 0 Å². The second-order valence-corrected chi connectivity index (χ2v) is 6.81. The highest BCUT2D eigenvalue weighted by Crippen LogP contribution is 2.27. The minimum Gasteiger partial charge on any atom is -0.355 e. The highest BCUT2D eigenvalue weighted by atomic mass is 79.9. The molecule has 0 radical (unpaired) electrons. The molecular formula is C17H21BrN6O. The number of aryl methyl sites for hydroxylation is 1. The van der Waals surface area contributed by atoms with Gasteiger partial charge in [0.15, 0.2) is 0 Å². The van der Waals surface area contributed by atoms with Gasteiger partial charge in [0.25, 0.3) is 5.91 Å². The minimum absolute atomic E-state index is 0.124. The molecule has 0 bridgehead atoms. The lowest BCUT2D eigenvalue weighted by molar-refractivity contribution is 0.0963. The van der Waals surface area contributed by atoms with E-state index in [1.165, 1.54) is 0 Å². The Balaban J connectivity index is 1.83. The first kappa shape index (κ1) is 17.6. The van der Waals surface area contributed by atoms with E-state index in [0.717, 1.165) is 35.2 Å². The van der Waals surface area contributed by atoms with Crippen LogP contribution in [0, 0.1) is 6.92 Å². The number of nitrogens with one attached hydrogen (secondary N) is 4. The largest absolute Gasteiger partial charge is 0.355 e. The molecule has 1 aromatic heterocycles. The smallest absolute Gasteiger partial charge is 0.251 e. The normalized spacial score (nSPS) is 16.5. The number of hydrogen-bond donors (Lipinski definition) is 4. The van der Waals surface area contributed by atoms with E-state index in [1.807, 2.05) is 19.1 Å². The Labute approximate surface area is 155 Å². The van der Waals surface area contributed by atoms with Crippen molar-refractivity contribution in [2.75, 3.05) is 30.8 Å². The maximum Gasteiger partial charge on any atom is 0.251 e. The Hall–Kier alpha value is -2.19. The fourth-order valence-corrected chi connectivity index (χ4v) is 2.94. The quantitative estimate of drug-likeness (QED) is 0.611. The van der Waals surface area contributed by atoms with Crippen LogP contribution in [0.2, 0.25) is 0 Å². The molecule has 0 spiro atoms. The summed E-state index contributed by atoms with van der Waals surface area (Å²) >= 11 is 3.48. The summed E-state index contributed by atoms with van der Waals surface area (Å²) in [6, 6.07) is 5.86. The minimum atomic E-state index is -0.124. The van der Waals surface area contributed by atoms with Crippen LogP contribution in [-0.2, 0) is 0 Å². The van der Waals surface area contributed by atoms with Gasteiger partial charge in [0.2, 0.25) is 5.95 Å². The Morgan fingerprint density at radius 1 is 1.40 bits per heavy atom. The summed E-state index contributed by atoms with van der Waals surface area (Å²) < 4.78 is 0.757. The lowest BCUT2D eigenvalue weighted by atomic mass is 10.1. The van der Waals surface area contributed by atoms with Crippen molar-refractivity contribution < 1.29 is 4.79 Å². The van der Waals surface area contributed by atoms with E-state index in [1.54, 1.807) is 19.3 Å². The molecule has 7 nitrogen and oxygen atoms in total. The molecule has 1 aromatic carbocycles. The number of amides is 1. The zero-order valence-corrected chi connectivity index (χ0v) is 15.8. The summed E-state index contributed by atoms with van der Waals surface area (Å²) in [6.07, 6.45) is 2.77. The van der Waals surface area contributed by atoms with Gasteiger partial charge < -0.3 is 21.3 Å². The van der Waals surface area contributed by atoms with Crippen LogP contribution in [0.1, 0.15) is 22.3 Å². The molecule has 8 heteroatoms. The topological polar surface area (TPSA) is 91.0 Å². The number of hydrogen-bond acceptors (Lipinski definition) is 6. The van der Waals surface area contributed by atoms with Crippen LogP contribution in [0.3, 0.4) is 0 Å². The third-order valence-electron chi connectivity index (χ3n) is 4.12. The van der Waals surface area contributed by atoms with E-state index in [-0.39, 0.29) is 5.91 Å². The number of halogens is 1. The van der Waals surface area contributed by atoms with Crippen LogP contribution >= 0.6 is 15.9 Å². The predicted octanol–water partition coefficient (Wildman–Crippen LogP) is 2.42. The van der Waals surface area contributed by atoms with Crippen LogP contribution in [0.4, 0.5) is 17.5 Å². The number of aromatic nitrogens is 2. The Morgan fingerprint density at radius 2 is 2.24 bits per heavy atom. The van der Waals surface area contributed by atoms with E-state index in [9.17, 15) is 4.79 Å². The zero-order valence-electron chi connectivity index (χ0n) is 14.2.